The molecule has 2 N–H and O–H groups in total. The number of nitrogens with zero attached hydrogens (tertiary/aromatic N) is 2. The highest BCUT2D eigenvalue weighted by molar-refractivity contribution is 7.89. The number of hydrogen-bond donors (Lipinski definition) is 1. The van der Waals surface area contributed by atoms with E-state index in [1.165, 1.54) is 28.6 Å². The molecule has 2 aromatic rings. The van der Waals surface area contributed by atoms with Crippen LogP contribution in [0.5, 0.6) is 0 Å². The lowest BCUT2D eigenvalue weighted by Gasteiger charge is -2.29. The molecule has 1 aliphatic heterocycles. The Labute approximate surface area is 156 Å². The van der Waals surface area contributed by atoms with Crippen molar-refractivity contribution in [2.45, 2.75) is 24.7 Å². The third-order valence-corrected chi connectivity index (χ3v) is 6.58. The topological polar surface area (TPSA) is 137 Å². The van der Waals surface area contributed by atoms with Crippen molar-refractivity contribution in [3.8, 4) is 11.1 Å². The van der Waals surface area contributed by atoms with Crippen molar-refractivity contribution in [2.75, 3.05) is 13.1 Å². The Morgan fingerprint density at radius 1 is 1.26 bits per heavy atom. The summed E-state index contributed by atoms with van der Waals surface area (Å²) in [7, 11) is -3.61. The molecule has 0 bridgehead atoms. The first kappa shape index (κ1) is 19.1. The van der Waals surface area contributed by atoms with Crippen LogP contribution in [0, 0.1) is 16.0 Å². The van der Waals surface area contributed by atoms with Gasteiger partial charge < -0.3 is 10.2 Å². The average molecular weight is 393 g/mol. The summed E-state index contributed by atoms with van der Waals surface area (Å²) in [6.45, 7) is 3.05. The van der Waals surface area contributed by atoms with Crippen LogP contribution >= 0.6 is 0 Å². The van der Waals surface area contributed by atoms with Gasteiger partial charge in [0.2, 0.25) is 15.8 Å². The van der Waals surface area contributed by atoms with E-state index in [9.17, 15) is 23.3 Å². The van der Waals surface area contributed by atoms with Crippen molar-refractivity contribution in [2.24, 2.45) is 11.7 Å². The fraction of sp³-hybridized carbons (Fsp3) is 0.353. The van der Waals surface area contributed by atoms with Gasteiger partial charge in [-0.25, -0.2) is 8.42 Å². The van der Waals surface area contributed by atoms with Crippen LogP contribution in [0.15, 0.2) is 39.6 Å². The Morgan fingerprint density at radius 2 is 1.85 bits per heavy atom. The van der Waals surface area contributed by atoms with Gasteiger partial charge in [0, 0.05) is 18.7 Å². The van der Waals surface area contributed by atoms with Crippen molar-refractivity contribution >= 4 is 21.8 Å². The van der Waals surface area contributed by atoms with Gasteiger partial charge in [-0.2, -0.15) is 4.31 Å². The predicted octanol–water partition coefficient (Wildman–Crippen LogP) is 2.37. The van der Waals surface area contributed by atoms with Crippen LogP contribution < -0.4 is 5.73 Å². The van der Waals surface area contributed by atoms with Gasteiger partial charge in [-0.3, -0.25) is 14.9 Å². The number of carbonyl (C=O) groups excluding carboxylic acids is 1. The van der Waals surface area contributed by atoms with Crippen molar-refractivity contribution < 1.29 is 22.6 Å². The number of nitrogens with two attached hydrogens (primary N) is 1. The van der Waals surface area contributed by atoms with Crippen molar-refractivity contribution in [1.29, 1.82) is 0 Å². The molecule has 1 aromatic heterocycles. The summed E-state index contributed by atoms with van der Waals surface area (Å²) in [4.78, 5) is 21.7. The third-order valence-electron chi connectivity index (χ3n) is 4.67. The van der Waals surface area contributed by atoms with Gasteiger partial charge in [-0.1, -0.05) is 19.1 Å². The highest BCUT2D eigenvalue weighted by Crippen LogP contribution is 2.32. The van der Waals surface area contributed by atoms with Gasteiger partial charge in [0.25, 0.3) is 5.91 Å². The highest BCUT2D eigenvalue weighted by Gasteiger charge is 2.28. The summed E-state index contributed by atoms with van der Waals surface area (Å²) >= 11 is 0. The van der Waals surface area contributed by atoms with E-state index in [4.69, 9.17) is 10.2 Å². The number of amides is 1. The molecule has 1 aromatic carbocycles. The molecule has 10 heteroatoms. The fourth-order valence-electron chi connectivity index (χ4n) is 3.05. The van der Waals surface area contributed by atoms with Crippen molar-refractivity contribution in [1.82, 2.24) is 4.31 Å². The van der Waals surface area contributed by atoms with Crippen LogP contribution in [0.3, 0.4) is 0 Å². The molecular weight excluding hydrogens is 374 g/mol. The maximum atomic E-state index is 12.8. The zero-order valence-corrected chi connectivity index (χ0v) is 15.4. The molecule has 0 saturated carbocycles. The molecule has 2 heterocycles. The predicted molar refractivity (Wildman–Crippen MR) is 96.5 cm³/mol. The summed E-state index contributed by atoms with van der Waals surface area (Å²) < 4.78 is 31.9. The van der Waals surface area contributed by atoms with Crippen LogP contribution in [0.4, 0.5) is 5.88 Å². The minimum Gasteiger partial charge on any atom is -0.395 e. The van der Waals surface area contributed by atoms with Gasteiger partial charge in [-0.05, 0) is 36.5 Å². The first-order valence-corrected chi connectivity index (χ1v) is 9.82. The molecule has 27 heavy (non-hydrogen) atoms. The number of sulfonamides is 1. The smallest absolute Gasteiger partial charge is 0.395 e. The molecule has 144 valence electrons. The molecule has 1 saturated heterocycles. The van der Waals surface area contributed by atoms with Gasteiger partial charge in [-0.15, -0.1) is 0 Å². The van der Waals surface area contributed by atoms with Crippen LogP contribution in [0.25, 0.3) is 11.1 Å². The van der Waals surface area contributed by atoms with E-state index in [1.54, 1.807) is 0 Å². The number of carbonyl (C=O) groups is 1. The molecule has 1 fully saturated rings. The van der Waals surface area contributed by atoms with Gasteiger partial charge in [0.1, 0.15) is 4.92 Å². The number of nitro groups is 1. The SMILES string of the molecule is CC1CCN(S(=O)(=O)c2ccc(-c3cc([N+](=O)[O-])oc3C(N)=O)cc2)CC1. The van der Waals surface area contributed by atoms with Crippen LogP contribution in [0.2, 0.25) is 0 Å². The Hall–Kier alpha value is -2.72. The second-order valence-corrected chi connectivity index (χ2v) is 8.50. The monoisotopic (exact) mass is 393 g/mol. The molecule has 0 unspecified atom stereocenters. The Bertz CT molecular complexity index is 973. The van der Waals surface area contributed by atoms with Gasteiger partial charge >= 0.3 is 5.88 Å². The van der Waals surface area contributed by atoms with E-state index in [-0.39, 0.29) is 16.2 Å². The normalized spacial score (nSPS) is 16.3. The standard InChI is InChI=1S/C17H19N3O6S/c1-11-6-8-19(9-7-11)27(24,25)13-4-2-12(3-5-13)14-10-15(20(22)23)26-16(14)17(18)21/h2-5,10-11H,6-9H2,1H3,(H2,18,21). The number of primary amides is 1. The summed E-state index contributed by atoms with van der Waals surface area (Å²) in [5.41, 5.74) is 5.75. The van der Waals surface area contributed by atoms with E-state index in [1.807, 2.05) is 0 Å². The number of hydrogen-bond acceptors (Lipinski definition) is 6. The summed E-state index contributed by atoms with van der Waals surface area (Å²) in [6.07, 6.45) is 1.63. The lowest BCUT2D eigenvalue weighted by molar-refractivity contribution is -0.402. The molecule has 9 nitrogen and oxygen atoms in total. The van der Waals surface area contributed by atoms with Crippen LogP contribution in [0.1, 0.15) is 30.3 Å². The highest BCUT2D eigenvalue weighted by atomic mass is 32.2. The Balaban J connectivity index is 1.92. The Kier molecular flexibility index (Phi) is 5.03. The lowest BCUT2D eigenvalue weighted by atomic mass is 10.0. The number of furan rings is 1. The third kappa shape index (κ3) is 3.71. The number of rotatable bonds is 5. The van der Waals surface area contributed by atoms with E-state index in [0.717, 1.165) is 18.9 Å². The second-order valence-electron chi connectivity index (χ2n) is 6.56. The molecule has 0 spiro atoms. The zero-order valence-electron chi connectivity index (χ0n) is 14.6. The van der Waals surface area contributed by atoms with E-state index in [2.05, 4.69) is 6.92 Å². The minimum absolute atomic E-state index is 0.124. The summed E-state index contributed by atoms with van der Waals surface area (Å²) in [6, 6.07) is 6.86. The van der Waals surface area contributed by atoms with Gasteiger partial charge in [0.15, 0.2) is 0 Å². The summed E-state index contributed by atoms with van der Waals surface area (Å²) in [5.74, 6) is -1.40. The first-order chi connectivity index (χ1) is 12.7. The van der Waals surface area contributed by atoms with Crippen molar-refractivity contribution in [3.05, 3.63) is 46.2 Å². The van der Waals surface area contributed by atoms with Crippen LogP contribution in [-0.4, -0.2) is 36.6 Å². The maximum absolute atomic E-state index is 12.8. The molecule has 3 rings (SSSR count). The molecule has 0 radical (unpaired) electrons. The number of benzene rings is 1. The largest absolute Gasteiger partial charge is 0.434 e. The fourth-order valence-corrected chi connectivity index (χ4v) is 4.52. The average Bonchev–Trinajstić information content (AvgIpc) is 3.08. The van der Waals surface area contributed by atoms with Crippen LogP contribution in [-0.2, 0) is 10.0 Å². The molecule has 1 amide bonds. The minimum atomic E-state index is -3.61. The van der Waals surface area contributed by atoms with E-state index in [0.29, 0.717) is 24.6 Å². The van der Waals surface area contributed by atoms with E-state index < -0.39 is 26.7 Å². The lowest BCUT2D eigenvalue weighted by Crippen LogP contribution is -2.37. The molecular formula is C17H19N3O6S. The van der Waals surface area contributed by atoms with Crippen molar-refractivity contribution in [3.63, 3.8) is 0 Å². The Morgan fingerprint density at radius 3 is 2.37 bits per heavy atom. The number of piperidine rings is 1. The molecule has 1 aliphatic rings. The first-order valence-electron chi connectivity index (χ1n) is 8.38. The van der Waals surface area contributed by atoms with E-state index >= 15 is 0 Å². The summed E-state index contributed by atoms with van der Waals surface area (Å²) in [5, 5.41) is 10.9. The molecule has 0 aliphatic carbocycles. The quantitative estimate of drug-likeness (QED) is 0.611. The second kappa shape index (κ2) is 7.12. The molecule has 0 atom stereocenters. The zero-order chi connectivity index (χ0) is 19.8. The van der Waals surface area contributed by atoms with Gasteiger partial charge in [0.05, 0.1) is 11.0 Å². The maximum Gasteiger partial charge on any atom is 0.434 e.